The maximum absolute atomic E-state index is 12.5. The first-order valence-corrected chi connectivity index (χ1v) is 11.1. The van der Waals surface area contributed by atoms with Crippen LogP contribution < -0.4 is 15.4 Å². The number of nitrogens with one attached hydrogen (secondary N) is 2. The zero-order chi connectivity index (χ0) is 22.5. The summed E-state index contributed by atoms with van der Waals surface area (Å²) in [4.78, 5) is 28.6. The highest BCUT2D eigenvalue weighted by Crippen LogP contribution is 2.47. The normalized spacial score (nSPS) is 23.6. The van der Waals surface area contributed by atoms with Gasteiger partial charge in [-0.2, -0.15) is 0 Å². The van der Waals surface area contributed by atoms with Crippen molar-refractivity contribution in [2.24, 2.45) is 0 Å². The quantitative estimate of drug-likeness (QED) is 0.582. The average Bonchev–Trinajstić information content (AvgIpc) is 3.15. The van der Waals surface area contributed by atoms with Gasteiger partial charge in [-0.05, 0) is 48.7 Å². The first-order chi connectivity index (χ1) is 15.6. The van der Waals surface area contributed by atoms with Gasteiger partial charge in [0.2, 0.25) is 11.8 Å². The van der Waals surface area contributed by atoms with Crippen LogP contribution in [0.15, 0.2) is 42.7 Å². The van der Waals surface area contributed by atoms with E-state index in [4.69, 9.17) is 9.47 Å². The highest BCUT2D eigenvalue weighted by atomic mass is 16.6. The van der Waals surface area contributed by atoms with Crippen LogP contribution in [0.25, 0.3) is 0 Å². The molecular weight excluding hydrogens is 410 g/mol. The van der Waals surface area contributed by atoms with Gasteiger partial charge in [0.05, 0.1) is 25.6 Å². The number of aliphatic hydroxyl groups is 1. The van der Waals surface area contributed by atoms with E-state index in [1.54, 1.807) is 12.4 Å². The van der Waals surface area contributed by atoms with Crippen molar-refractivity contribution >= 4 is 17.5 Å². The first-order valence-electron chi connectivity index (χ1n) is 11.1. The Morgan fingerprint density at radius 2 is 2.00 bits per heavy atom. The van der Waals surface area contributed by atoms with Gasteiger partial charge in [-0.3, -0.25) is 14.6 Å². The lowest BCUT2D eigenvalue weighted by atomic mass is 9.84. The van der Waals surface area contributed by atoms with E-state index in [9.17, 15) is 14.7 Å². The first kappa shape index (κ1) is 22.2. The molecule has 0 aliphatic carbocycles. The molecule has 0 saturated carbocycles. The van der Waals surface area contributed by atoms with Gasteiger partial charge in [0.1, 0.15) is 18.0 Å². The number of hydrogen-bond donors (Lipinski definition) is 3. The summed E-state index contributed by atoms with van der Waals surface area (Å²) in [7, 11) is 0. The molecule has 2 amide bonds. The Balaban J connectivity index is 1.45. The summed E-state index contributed by atoms with van der Waals surface area (Å²) in [5, 5.41) is 15.7. The Morgan fingerprint density at radius 1 is 1.19 bits per heavy atom. The fourth-order valence-electron chi connectivity index (χ4n) is 4.40. The Hall–Kier alpha value is -2.97. The number of amides is 2. The zero-order valence-electron chi connectivity index (χ0n) is 18.1. The van der Waals surface area contributed by atoms with E-state index in [1.807, 2.05) is 37.3 Å². The van der Waals surface area contributed by atoms with Gasteiger partial charge < -0.3 is 25.2 Å². The molecule has 0 bridgehead atoms. The molecule has 32 heavy (non-hydrogen) atoms. The number of hydrogen-bond acceptors (Lipinski definition) is 6. The van der Waals surface area contributed by atoms with Gasteiger partial charge in [0.25, 0.3) is 0 Å². The summed E-state index contributed by atoms with van der Waals surface area (Å²) in [6.45, 7) is 2.46. The molecule has 1 fully saturated rings. The van der Waals surface area contributed by atoms with Gasteiger partial charge in [-0.1, -0.05) is 6.92 Å². The maximum atomic E-state index is 12.5. The highest BCUT2D eigenvalue weighted by Gasteiger charge is 2.46. The summed E-state index contributed by atoms with van der Waals surface area (Å²) in [6, 6.07) is 9.21. The number of nitrogens with zero attached hydrogens (tertiary/aromatic N) is 1. The number of carbonyl (C=O) groups is 2. The van der Waals surface area contributed by atoms with Crippen LogP contribution in [0.1, 0.15) is 43.2 Å². The van der Waals surface area contributed by atoms with Crippen molar-refractivity contribution in [1.29, 1.82) is 0 Å². The number of rotatable bonds is 8. The molecule has 4 atom stereocenters. The van der Waals surface area contributed by atoms with Crippen molar-refractivity contribution in [3.05, 3.63) is 53.9 Å². The third-order valence-electron chi connectivity index (χ3n) is 5.88. The minimum atomic E-state index is -0.505. The van der Waals surface area contributed by atoms with Crippen LogP contribution >= 0.6 is 0 Å². The summed E-state index contributed by atoms with van der Waals surface area (Å²) < 4.78 is 12.1. The molecule has 3 heterocycles. The minimum absolute atomic E-state index is 0.0167. The predicted octanol–water partition coefficient (Wildman–Crippen LogP) is 2.17. The fraction of sp³-hybridized carbons (Fsp3) is 0.458. The van der Waals surface area contributed by atoms with Gasteiger partial charge in [0, 0.05) is 36.1 Å². The van der Waals surface area contributed by atoms with Crippen LogP contribution in [0.2, 0.25) is 0 Å². The van der Waals surface area contributed by atoms with E-state index in [0.29, 0.717) is 18.7 Å². The van der Waals surface area contributed by atoms with E-state index >= 15 is 0 Å². The highest BCUT2D eigenvalue weighted by molar-refractivity contribution is 5.92. The summed E-state index contributed by atoms with van der Waals surface area (Å²) in [5.74, 6) is 0.544. The molecule has 8 nitrogen and oxygen atoms in total. The molecule has 2 aliphatic heterocycles. The average molecular weight is 440 g/mol. The van der Waals surface area contributed by atoms with Gasteiger partial charge >= 0.3 is 0 Å². The third-order valence-corrected chi connectivity index (χ3v) is 5.88. The summed E-state index contributed by atoms with van der Waals surface area (Å²) >= 11 is 0. The minimum Gasteiger partial charge on any atom is -0.487 e. The molecule has 3 N–H and O–H groups in total. The lowest BCUT2D eigenvalue weighted by Gasteiger charge is -2.37. The Morgan fingerprint density at radius 3 is 2.75 bits per heavy atom. The lowest BCUT2D eigenvalue weighted by molar-refractivity contribution is -0.142. The number of anilines is 1. The molecule has 4 rings (SSSR count). The van der Waals surface area contributed by atoms with Crippen LogP contribution in [0.4, 0.5) is 5.69 Å². The maximum Gasteiger partial charge on any atom is 0.228 e. The van der Waals surface area contributed by atoms with Crippen molar-refractivity contribution in [2.75, 3.05) is 18.5 Å². The number of benzene rings is 1. The van der Waals surface area contributed by atoms with Crippen molar-refractivity contribution in [1.82, 2.24) is 10.3 Å². The number of carbonyl (C=O) groups excluding carboxylic acids is 2. The number of pyridine rings is 1. The largest absolute Gasteiger partial charge is 0.487 e. The molecule has 170 valence electrons. The standard InChI is InChI=1S/C24H29N3O5/c1-2-7-26-22(29)13-17-12-19-18-11-16(27-23(30)10-15-5-8-25-9-6-15)3-4-20(18)32-24(19)21(14-28)31-17/h3-6,8-9,11,17,19,21,24,28H,2,7,10,12-14H2,1H3,(H,26,29)(H,27,30)/t17-,19-,21+,24+/m0/s1. The molecule has 1 saturated heterocycles. The second kappa shape index (κ2) is 10.1. The van der Waals surface area contributed by atoms with Gasteiger partial charge in [0.15, 0.2) is 0 Å². The molecule has 0 radical (unpaired) electrons. The van der Waals surface area contributed by atoms with Gasteiger partial charge in [-0.15, -0.1) is 0 Å². The van der Waals surface area contributed by atoms with E-state index < -0.39 is 6.10 Å². The lowest BCUT2D eigenvalue weighted by Crippen LogP contribution is -2.47. The number of aliphatic hydroxyl groups excluding tert-OH is 1. The van der Waals surface area contributed by atoms with E-state index in [2.05, 4.69) is 15.6 Å². The molecule has 0 unspecified atom stereocenters. The van der Waals surface area contributed by atoms with E-state index in [1.165, 1.54) is 0 Å². The monoisotopic (exact) mass is 439 g/mol. The SMILES string of the molecule is CCCNC(=O)C[C@@H]1C[C@H]2c3cc(NC(=O)Cc4ccncc4)ccc3O[C@H]2[C@@H](CO)O1. The molecule has 2 aliphatic rings. The Kier molecular flexibility index (Phi) is 7.02. The number of fused-ring (bicyclic) bond motifs is 3. The van der Waals surface area contributed by atoms with E-state index in [0.717, 1.165) is 23.3 Å². The Labute approximate surface area is 187 Å². The van der Waals surface area contributed by atoms with Crippen LogP contribution in [0.5, 0.6) is 5.75 Å². The third kappa shape index (κ3) is 5.08. The van der Waals surface area contributed by atoms with Crippen molar-refractivity contribution < 1.29 is 24.2 Å². The molecule has 1 aromatic heterocycles. The number of aromatic nitrogens is 1. The summed E-state index contributed by atoms with van der Waals surface area (Å²) in [5.41, 5.74) is 2.55. The molecule has 0 spiro atoms. The molecule has 8 heteroatoms. The second-order valence-corrected chi connectivity index (χ2v) is 8.29. The smallest absolute Gasteiger partial charge is 0.228 e. The van der Waals surface area contributed by atoms with Crippen LogP contribution in [-0.4, -0.2) is 53.4 Å². The Bertz CT molecular complexity index is 952. The van der Waals surface area contributed by atoms with Crippen molar-refractivity contribution in [2.45, 2.75) is 56.8 Å². The summed E-state index contributed by atoms with van der Waals surface area (Å²) in [6.07, 6.45) is 4.20. The van der Waals surface area contributed by atoms with Crippen LogP contribution in [-0.2, 0) is 20.7 Å². The van der Waals surface area contributed by atoms with Crippen molar-refractivity contribution in [3.63, 3.8) is 0 Å². The van der Waals surface area contributed by atoms with Crippen LogP contribution in [0, 0.1) is 0 Å². The number of ether oxygens (including phenoxy) is 2. The predicted molar refractivity (Wildman–Crippen MR) is 118 cm³/mol. The molecule has 1 aromatic carbocycles. The fourth-order valence-corrected chi connectivity index (χ4v) is 4.40. The zero-order valence-corrected chi connectivity index (χ0v) is 18.1. The topological polar surface area (TPSA) is 110 Å². The van der Waals surface area contributed by atoms with Crippen molar-refractivity contribution in [3.8, 4) is 5.75 Å². The van der Waals surface area contributed by atoms with Gasteiger partial charge in [-0.25, -0.2) is 0 Å². The molecule has 2 aromatic rings. The second-order valence-electron chi connectivity index (χ2n) is 8.29. The molecular formula is C24H29N3O5. The van der Waals surface area contributed by atoms with E-state index in [-0.39, 0.29) is 49.4 Å². The van der Waals surface area contributed by atoms with Crippen LogP contribution in [0.3, 0.4) is 0 Å².